The normalized spacial score (nSPS) is 14.5. The Morgan fingerprint density at radius 2 is 1.92 bits per heavy atom. The molecule has 1 saturated heterocycles. The van der Waals surface area contributed by atoms with Gasteiger partial charge in [-0.15, -0.1) is 0 Å². The molecule has 1 aliphatic rings. The second-order valence-electron chi connectivity index (χ2n) is 7.07. The molecule has 3 heterocycles. The van der Waals surface area contributed by atoms with Crippen LogP contribution in [0.5, 0.6) is 0 Å². The van der Waals surface area contributed by atoms with Crippen LogP contribution in [0.1, 0.15) is 21.9 Å². The summed E-state index contributed by atoms with van der Waals surface area (Å²) in [5, 5.41) is 4.27. The molecule has 134 valence electrons. The van der Waals surface area contributed by atoms with Gasteiger partial charge >= 0.3 is 0 Å². The summed E-state index contributed by atoms with van der Waals surface area (Å²) in [5.74, 6) is 1.51. The van der Waals surface area contributed by atoms with E-state index >= 15 is 0 Å². The van der Waals surface area contributed by atoms with Gasteiger partial charge in [0.15, 0.2) is 0 Å². The van der Waals surface area contributed by atoms with Crippen molar-refractivity contribution in [1.29, 1.82) is 0 Å². The van der Waals surface area contributed by atoms with Crippen molar-refractivity contribution in [2.75, 3.05) is 13.1 Å². The van der Waals surface area contributed by atoms with E-state index in [1.807, 2.05) is 49.3 Å². The summed E-state index contributed by atoms with van der Waals surface area (Å²) < 4.78 is 3.93. The monoisotopic (exact) mass is 349 g/mol. The zero-order valence-corrected chi connectivity index (χ0v) is 15.4. The van der Waals surface area contributed by atoms with Crippen LogP contribution in [0.25, 0.3) is 11.4 Å². The molecule has 0 bridgehead atoms. The summed E-state index contributed by atoms with van der Waals surface area (Å²) in [7, 11) is 1.82. The van der Waals surface area contributed by atoms with Crippen LogP contribution in [0, 0.1) is 19.8 Å². The van der Waals surface area contributed by atoms with Gasteiger partial charge in [0.1, 0.15) is 11.5 Å². The minimum Gasteiger partial charge on any atom is -0.336 e. The highest BCUT2D eigenvalue weighted by molar-refractivity contribution is 5.93. The van der Waals surface area contributed by atoms with Crippen LogP contribution in [0.2, 0.25) is 0 Å². The lowest BCUT2D eigenvalue weighted by molar-refractivity contribution is 0.0457. The number of imidazole rings is 1. The van der Waals surface area contributed by atoms with E-state index in [2.05, 4.69) is 33.7 Å². The molecule has 0 saturated carbocycles. The number of hydrogen-bond donors (Lipinski definition) is 0. The third-order valence-corrected chi connectivity index (χ3v) is 4.99. The van der Waals surface area contributed by atoms with Gasteiger partial charge in [-0.05, 0) is 19.9 Å². The van der Waals surface area contributed by atoms with E-state index in [9.17, 15) is 4.79 Å². The fraction of sp³-hybridized carbons (Fsp3) is 0.350. The maximum absolute atomic E-state index is 12.6. The summed E-state index contributed by atoms with van der Waals surface area (Å²) in [6, 6.07) is 12.1. The zero-order valence-electron chi connectivity index (χ0n) is 15.4. The third kappa shape index (κ3) is 2.92. The molecule has 4 rings (SSSR count). The predicted octanol–water partition coefficient (Wildman–Crippen LogP) is 2.67. The molecule has 0 atom stereocenters. The van der Waals surface area contributed by atoms with E-state index in [-0.39, 0.29) is 5.91 Å². The summed E-state index contributed by atoms with van der Waals surface area (Å²) >= 11 is 0. The molecule has 26 heavy (non-hydrogen) atoms. The van der Waals surface area contributed by atoms with Crippen molar-refractivity contribution in [2.24, 2.45) is 13.0 Å². The highest BCUT2D eigenvalue weighted by Gasteiger charge is 2.33. The maximum Gasteiger partial charge on any atom is 0.272 e. The van der Waals surface area contributed by atoms with Crippen molar-refractivity contribution in [3.05, 3.63) is 59.7 Å². The van der Waals surface area contributed by atoms with Gasteiger partial charge in [-0.25, -0.2) is 4.98 Å². The van der Waals surface area contributed by atoms with Crippen LogP contribution in [0.4, 0.5) is 0 Å². The van der Waals surface area contributed by atoms with Gasteiger partial charge < -0.3 is 9.47 Å². The van der Waals surface area contributed by atoms with Crippen LogP contribution in [0.3, 0.4) is 0 Å². The van der Waals surface area contributed by atoms with Crippen molar-refractivity contribution in [3.8, 4) is 11.4 Å². The van der Waals surface area contributed by atoms with Crippen molar-refractivity contribution < 1.29 is 4.79 Å². The molecule has 1 fully saturated rings. The largest absolute Gasteiger partial charge is 0.336 e. The minimum atomic E-state index is 0.0648. The molecule has 0 spiro atoms. The van der Waals surface area contributed by atoms with Gasteiger partial charge in [-0.3, -0.25) is 9.48 Å². The fourth-order valence-corrected chi connectivity index (χ4v) is 3.59. The first-order valence-corrected chi connectivity index (χ1v) is 8.90. The number of carbonyl (C=O) groups excluding carboxylic acids is 1. The molecule has 0 unspecified atom stereocenters. The maximum atomic E-state index is 12.6. The molecule has 1 aliphatic heterocycles. The van der Waals surface area contributed by atoms with Crippen molar-refractivity contribution in [2.45, 2.75) is 20.4 Å². The molecule has 3 aromatic rings. The van der Waals surface area contributed by atoms with Crippen molar-refractivity contribution in [3.63, 3.8) is 0 Å². The average Bonchev–Trinajstić information content (AvgIpc) is 3.12. The molecule has 2 aromatic heterocycles. The van der Waals surface area contributed by atoms with E-state index in [4.69, 9.17) is 0 Å². The number of aromatic nitrogens is 4. The van der Waals surface area contributed by atoms with E-state index in [0.29, 0.717) is 11.6 Å². The Hall–Kier alpha value is -2.89. The lowest BCUT2D eigenvalue weighted by atomic mass is 9.99. The number of amides is 1. The second-order valence-corrected chi connectivity index (χ2v) is 7.07. The SMILES string of the molecule is Cc1cc(C(=O)N2CC(Cn3c(C)cnc3-c3ccccc3)C2)n(C)n1. The Balaban J connectivity index is 1.44. The Kier molecular flexibility index (Phi) is 4.11. The van der Waals surface area contributed by atoms with Crippen molar-refractivity contribution in [1.82, 2.24) is 24.2 Å². The van der Waals surface area contributed by atoms with Crippen LogP contribution in [0.15, 0.2) is 42.6 Å². The van der Waals surface area contributed by atoms with E-state index < -0.39 is 0 Å². The smallest absolute Gasteiger partial charge is 0.272 e. The van der Waals surface area contributed by atoms with Crippen LogP contribution < -0.4 is 0 Å². The number of carbonyl (C=O) groups is 1. The van der Waals surface area contributed by atoms with E-state index in [1.54, 1.807) is 4.68 Å². The summed E-state index contributed by atoms with van der Waals surface area (Å²) in [6.45, 7) is 6.41. The molecule has 0 N–H and O–H groups in total. The lowest BCUT2D eigenvalue weighted by Gasteiger charge is -2.39. The van der Waals surface area contributed by atoms with Crippen molar-refractivity contribution >= 4 is 5.91 Å². The number of nitrogens with zero attached hydrogens (tertiary/aromatic N) is 5. The molecule has 1 amide bonds. The van der Waals surface area contributed by atoms with Gasteiger partial charge in [-0.2, -0.15) is 5.10 Å². The Morgan fingerprint density at radius 1 is 1.19 bits per heavy atom. The quantitative estimate of drug-likeness (QED) is 0.728. The van der Waals surface area contributed by atoms with E-state index in [0.717, 1.165) is 42.4 Å². The number of benzene rings is 1. The van der Waals surface area contributed by atoms with Gasteiger partial charge in [-0.1, -0.05) is 30.3 Å². The third-order valence-electron chi connectivity index (χ3n) is 4.99. The Bertz CT molecular complexity index is 935. The lowest BCUT2D eigenvalue weighted by Crippen LogP contribution is -2.51. The van der Waals surface area contributed by atoms with Gasteiger partial charge in [0.25, 0.3) is 5.91 Å². The highest BCUT2D eigenvalue weighted by atomic mass is 16.2. The minimum absolute atomic E-state index is 0.0648. The predicted molar refractivity (Wildman–Crippen MR) is 99.7 cm³/mol. The first-order chi connectivity index (χ1) is 12.5. The molecule has 0 aliphatic carbocycles. The van der Waals surface area contributed by atoms with Gasteiger partial charge in [0.2, 0.25) is 0 Å². The standard InChI is InChI=1S/C20H23N5O/c1-14-9-18(23(3)22-14)20(26)24-11-16(12-24)13-25-15(2)10-21-19(25)17-7-5-4-6-8-17/h4-10,16H,11-13H2,1-3H3. The summed E-state index contributed by atoms with van der Waals surface area (Å²) in [6.07, 6.45) is 1.92. The molecular weight excluding hydrogens is 326 g/mol. The second kappa shape index (κ2) is 6.44. The summed E-state index contributed by atoms with van der Waals surface area (Å²) in [5.41, 5.74) is 3.80. The van der Waals surface area contributed by atoms with Gasteiger partial charge in [0.05, 0.1) is 5.69 Å². The molecular formula is C20H23N5O. The Morgan fingerprint density at radius 3 is 2.58 bits per heavy atom. The first-order valence-electron chi connectivity index (χ1n) is 8.90. The van der Waals surface area contributed by atoms with Crippen LogP contribution in [-0.2, 0) is 13.6 Å². The van der Waals surface area contributed by atoms with Gasteiger partial charge in [0, 0.05) is 50.1 Å². The topological polar surface area (TPSA) is 56.0 Å². The number of likely N-dealkylation sites (tertiary alicyclic amines) is 1. The van der Waals surface area contributed by atoms with Crippen LogP contribution in [-0.4, -0.2) is 43.2 Å². The molecule has 1 aromatic carbocycles. The fourth-order valence-electron chi connectivity index (χ4n) is 3.59. The average molecular weight is 349 g/mol. The van der Waals surface area contributed by atoms with E-state index in [1.165, 1.54) is 0 Å². The first kappa shape index (κ1) is 16.6. The number of hydrogen-bond acceptors (Lipinski definition) is 3. The highest BCUT2D eigenvalue weighted by Crippen LogP contribution is 2.25. The number of rotatable bonds is 4. The zero-order chi connectivity index (χ0) is 18.3. The number of aryl methyl sites for hydroxylation is 3. The van der Waals surface area contributed by atoms with Crippen LogP contribution >= 0.6 is 0 Å². The molecule has 0 radical (unpaired) electrons. The molecule has 6 nitrogen and oxygen atoms in total. The Labute approximate surface area is 153 Å². The molecule has 6 heteroatoms. The summed E-state index contributed by atoms with van der Waals surface area (Å²) in [4.78, 5) is 19.1.